The third kappa shape index (κ3) is 5.46. The fourth-order valence-electron chi connectivity index (χ4n) is 2.53. The van der Waals surface area contributed by atoms with Crippen LogP contribution < -0.4 is 24.8 Å². The second-order valence-corrected chi connectivity index (χ2v) is 7.37. The van der Waals surface area contributed by atoms with Gasteiger partial charge in [0.25, 0.3) is 0 Å². The molecule has 148 valence electrons. The number of rotatable bonds is 7. The predicted octanol–water partition coefficient (Wildman–Crippen LogP) is 1.79. The summed E-state index contributed by atoms with van der Waals surface area (Å²) >= 11 is 0. The van der Waals surface area contributed by atoms with Gasteiger partial charge in [-0.25, -0.2) is 0 Å². The van der Waals surface area contributed by atoms with Crippen LogP contribution in [-0.4, -0.2) is 47.9 Å². The van der Waals surface area contributed by atoms with Gasteiger partial charge in [-0.1, -0.05) is 0 Å². The number of hydrogen-bond donors (Lipinski definition) is 2. The van der Waals surface area contributed by atoms with Crippen molar-refractivity contribution in [1.29, 1.82) is 0 Å². The van der Waals surface area contributed by atoms with Gasteiger partial charge >= 0.3 is 0 Å². The summed E-state index contributed by atoms with van der Waals surface area (Å²) in [5.74, 6) is 0.373. The number of carbonyl (C=O) groups is 2. The summed E-state index contributed by atoms with van der Waals surface area (Å²) in [6.07, 6.45) is 0. The van der Waals surface area contributed by atoms with Crippen LogP contribution >= 0.6 is 0 Å². The topological polar surface area (TPSA) is 103 Å². The summed E-state index contributed by atoms with van der Waals surface area (Å²) in [6, 6.07) is 11.8. The molecular formula is C19H20N2O6S. The Bertz CT molecular complexity index is 884. The van der Waals surface area contributed by atoms with E-state index in [1.165, 1.54) is 0 Å². The number of nitrogens with one attached hydrogen (secondary N) is 2. The number of fused-ring (bicyclic) bond motifs is 1. The molecule has 3 rings (SSSR count). The maximum absolute atomic E-state index is 12.1. The second-order valence-electron chi connectivity index (χ2n) is 5.91. The highest BCUT2D eigenvalue weighted by Gasteiger charge is 2.15. The molecular weight excluding hydrogens is 384 g/mol. The van der Waals surface area contributed by atoms with Crippen LogP contribution in [0, 0.1) is 0 Å². The van der Waals surface area contributed by atoms with Crippen LogP contribution in [0.1, 0.15) is 0 Å². The number of ether oxygens (including phenoxy) is 3. The minimum Gasteiger partial charge on any atom is -0.497 e. The highest BCUT2D eigenvalue weighted by atomic mass is 32.2. The van der Waals surface area contributed by atoms with Crippen LogP contribution in [0.5, 0.6) is 17.2 Å². The molecule has 0 saturated heterocycles. The summed E-state index contributed by atoms with van der Waals surface area (Å²) in [5.41, 5.74) is 1.07. The minimum absolute atomic E-state index is 0.277. The molecule has 0 fully saturated rings. The molecule has 2 aromatic carbocycles. The van der Waals surface area contributed by atoms with Gasteiger partial charge in [-0.05, 0) is 36.4 Å². The van der Waals surface area contributed by atoms with Gasteiger partial charge in [0.2, 0.25) is 11.8 Å². The zero-order valence-corrected chi connectivity index (χ0v) is 16.0. The van der Waals surface area contributed by atoms with Crippen molar-refractivity contribution in [3.05, 3.63) is 42.5 Å². The fraction of sp³-hybridized carbons (Fsp3) is 0.263. The van der Waals surface area contributed by atoms with Gasteiger partial charge in [-0.15, -0.1) is 0 Å². The van der Waals surface area contributed by atoms with Crippen LogP contribution in [-0.2, 0) is 20.4 Å². The van der Waals surface area contributed by atoms with Crippen LogP contribution in [0.15, 0.2) is 42.5 Å². The largest absolute Gasteiger partial charge is 0.497 e. The Kier molecular flexibility index (Phi) is 6.49. The summed E-state index contributed by atoms with van der Waals surface area (Å²) in [5, 5.41) is 5.28. The van der Waals surface area contributed by atoms with E-state index in [1.54, 1.807) is 49.6 Å². The number of anilines is 2. The van der Waals surface area contributed by atoms with Crippen molar-refractivity contribution in [1.82, 2.24) is 0 Å². The molecule has 1 atom stereocenters. The molecule has 2 N–H and O–H groups in total. The van der Waals surface area contributed by atoms with Crippen molar-refractivity contribution in [3.63, 3.8) is 0 Å². The molecule has 8 nitrogen and oxygen atoms in total. The number of hydrogen-bond acceptors (Lipinski definition) is 6. The number of carbonyl (C=O) groups excluding carboxylic acids is 2. The third-order valence-corrected chi connectivity index (χ3v) is 4.95. The molecule has 0 aliphatic carbocycles. The van der Waals surface area contributed by atoms with Gasteiger partial charge in [-0.3, -0.25) is 13.8 Å². The molecule has 28 heavy (non-hydrogen) atoms. The van der Waals surface area contributed by atoms with E-state index in [0.717, 1.165) is 0 Å². The summed E-state index contributed by atoms with van der Waals surface area (Å²) in [4.78, 5) is 24.1. The number of methoxy groups -OCH3 is 1. The fourth-order valence-corrected chi connectivity index (χ4v) is 3.36. The number of benzene rings is 2. The molecule has 1 heterocycles. The van der Waals surface area contributed by atoms with Gasteiger partial charge in [0, 0.05) is 28.2 Å². The molecule has 1 aliphatic heterocycles. The first-order valence-electron chi connectivity index (χ1n) is 8.52. The summed E-state index contributed by atoms with van der Waals surface area (Å²) in [7, 11) is -0.0918. The van der Waals surface area contributed by atoms with Crippen LogP contribution in [0.2, 0.25) is 0 Å². The predicted molar refractivity (Wildman–Crippen MR) is 106 cm³/mol. The average Bonchev–Trinajstić information content (AvgIpc) is 2.68. The monoisotopic (exact) mass is 404 g/mol. The van der Waals surface area contributed by atoms with Crippen molar-refractivity contribution >= 4 is 34.0 Å². The normalized spacial score (nSPS) is 13.3. The molecule has 2 amide bonds. The van der Waals surface area contributed by atoms with Gasteiger partial charge in [0.1, 0.15) is 30.5 Å². The van der Waals surface area contributed by atoms with Gasteiger partial charge in [0.05, 0.1) is 7.11 Å². The molecule has 1 unspecified atom stereocenters. The Labute approximate surface area is 164 Å². The highest BCUT2D eigenvalue weighted by Crippen LogP contribution is 2.32. The lowest BCUT2D eigenvalue weighted by Crippen LogP contribution is -2.26. The van der Waals surface area contributed by atoms with E-state index in [9.17, 15) is 13.8 Å². The summed E-state index contributed by atoms with van der Waals surface area (Å²) < 4.78 is 28.0. The van der Waals surface area contributed by atoms with Crippen molar-refractivity contribution in [3.8, 4) is 17.2 Å². The lowest BCUT2D eigenvalue weighted by Gasteiger charge is -2.19. The third-order valence-electron chi connectivity index (χ3n) is 3.78. The molecule has 1 aliphatic rings. The van der Waals surface area contributed by atoms with Crippen molar-refractivity contribution in [2.45, 2.75) is 0 Å². The molecule has 2 aromatic rings. The molecule has 0 saturated carbocycles. The summed E-state index contributed by atoms with van der Waals surface area (Å²) in [6.45, 7) is 0.925. The Morgan fingerprint density at radius 1 is 0.929 bits per heavy atom. The van der Waals surface area contributed by atoms with E-state index in [-0.39, 0.29) is 11.5 Å². The Hall–Kier alpha value is -3.07. The van der Waals surface area contributed by atoms with Crippen molar-refractivity contribution < 1.29 is 28.0 Å². The van der Waals surface area contributed by atoms with E-state index < -0.39 is 22.6 Å². The van der Waals surface area contributed by atoms with Crippen molar-refractivity contribution in [2.75, 3.05) is 42.5 Å². The lowest BCUT2D eigenvalue weighted by molar-refractivity contribution is -0.114. The second kappa shape index (κ2) is 9.23. The zero-order valence-electron chi connectivity index (χ0n) is 15.2. The Morgan fingerprint density at radius 2 is 1.50 bits per heavy atom. The Balaban J connectivity index is 1.47. The molecule has 0 bridgehead atoms. The first-order chi connectivity index (χ1) is 13.5. The molecule has 0 radical (unpaired) electrons. The maximum Gasteiger partial charge on any atom is 0.237 e. The van der Waals surface area contributed by atoms with E-state index >= 15 is 0 Å². The molecule has 9 heteroatoms. The molecule has 0 spiro atoms. The quantitative estimate of drug-likeness (QED) is 0.729. The van der Waals surface area contributed by atoms with Crippen LogP contribution in [0.4, 0.5) is 11.4 Å². The standard InChI is InChI=1S/C19H20N2O6S/c1-25-15-5-2-13(3-6-15)20-18(22)11-28(24)12-19(23)21-14-4-7-16-17(10-14)27-9-8-26-16/h2-7,10H,8-9,11-12H2,1H3,(H,20,22)(H,21,23). The van der Waals surface area contributed by atoms with Gasteiger partial charge < -0.3 is 24.8 Å². The van der Waals surface area contributed by atoms with E-state index in [4.69, 9.17) is 14.2 Å². The Morgan fingerprint density at radius 3 is 2.14 bits per heavy atom. The SMILES string of the molecule is COc1ccc(NC(=O)CS(=O)CC(=O)Nc2ccc3c(c2)OCCO3)cc1. The van der Waals surface area contributed by atoms with E-state index in [0.29, 0.717) is 41.8 Å². The van der Waals surface area contributed by atoms with E-state index in [2.05, 4.69) is 10.6 Å². The van der Waals surface area contributed by atoms with Crippen LogP contribution in [0.25, 0.3) is 0 Å². The molecule has 0 aromatic heterocycles. The average molecular weight is 404 g/mol. The first kappa shape index (κ1) is 19.7. The van der Waals surface area contributed by atoms with Gasteiger partial charge in [-0.2, -0.15) is 0 Å². The van der Waals surface area contributed by atoms with Gasteiger partial charge in [0.15, 0.2) is 11.5 Å². The van der Waals surface area contributed by atoms with Crippen molar-refractivity contribution in [2.24, 2.45) is 0 Å². The minimum atomic E-state index is -1.64. The van der Waals surface area contributed by atoms with Crippen LogP contribution in [0.3, 0.4) is 0 Å². The zero-order chi connectivity index (χ0) is 19.9. The maximum atomic E-state index is 12.1. The lowest BCUT2D eigenvalue weighted by atomic mass is 10.2. The highest BCUT2D eigenvalue weighted by molar-refractivity contribution is 7.86. The van der Waals surface area contributed by atoms with E-state index in [1.807, 2.05) is 0 Å². The first-order valence-corrected chi connectivity index (χ1v) is 10.0. The smallest absolute Gasteiger partial charge is 0.237 e. The number of amides is 2.